The van der Waals surface area contributed by atoms with Crippen LogP contribution in [-0.2, 0) is 4.79 Å². The Morgan fingerprint density at radius 3 is 2.00 bits per heavy atom. The van der Waals surface area contributed by atoms with Gasteiger partial charge in [-0.25, -0.2) is 0 Å². The third-order valence-corrected chi connectivity index (χ3v) is 2.76. The molecule has 2 nitrogen and oxygen atoms in total. The van der Waals surface area contributed by atoms with E-state index in [1.54, 1.807) is 0 Å². The normalized spacial score (nSPS) is 12.7. The Hall–Kier alpha value is -0.530. The molecule has 0 aromatic heterocycles. The van der Waals surface area contributed by atoms with Crippen LogP contribution in [-0.4, -0.2) is 11.1 Å². The highest BCUT2D eigenvalue weighted by Gasteiger charge is 2.09. The van der Waals surface area contributed by atoms with E-state index >= 15 is 0 Å². The van der Waals surface area contributed by atoms with Gasteiger partial charge in [0.1, 0.15) is 0 Å². The number of unbranched alkanes of at least 4 members (excludes halogenated alkanes) is 7. The molecule has 89 valence electrons. The van der Waals surface area contributed by atoms with Crippen LogP contribution >= 0.6 is 0 Å². The molecule has 15 heavy (non-hydrogen) atoms. The number of aliphatic carboxylic acids is 1. The van der Waals surface area contributed by atoms with Crippen LogP contribution in [0, 0.1) is 12.8 Å². The van der Waals surface area contributed by atoms with E-state index in [0.717, 1.165) is 19.3 Å². The van der Waals surface area contributed by atoms with Crippen LogP contribution in [0.1, 0.15) is 64.7 Å². The van der Waals surface area contributed by atoms with Gasteiger partial charge in [-0.3, -0.25) is 4.79 Å². The first-order valence-electron chi connectivity index (χ1n) is 6.24. The summed E-state index contributed by atoms with van der Waals surface area (Å²) in [5.41, 5.74) is 0. The van der Waals surface area contributed by atoms with Gasteiger partial charge in [0.2, 0.25) is 0 Å². The SMILES string of the molecule is [CH2]C(CCCCCCCCCC)C(=O)O. The van der Waals surface area contributed by atoms with Gasteiger partial charge in [-0.15, -0.1) is 0 Å². The molecule has 0 rings (SSSR count). The van der Waals surface area contributed by atoms with Gasteiger partial charge in [0.15, 0.2) is 0 Å². The molecule has 0 fully saturated rings. The molecule has 1 atom stereocenters. The molecule has 0 aliphatic rings. The second-order valence-corrected chi connectivity index (χ2v) is 4.30. The highest BCUT2D eigenvalue weighted by molar-refractivity contribution is 5.70. The van der Waals surface area contributed by atoms with Crippen LogP contribution in [0.25, 0.3) is 0 Å². The lowest BCUT2D eigenvalue weighted by Crippen LogP contribution is -2.09. The molecule has 1 radical (unpaired) electrons. The fourth-order valence-electron chi connectivity index (χ4n) is 1.65. The maximum atomic E-state index is 10.5. The predicted molar refractivity (Wildman–Crippen MR) is 63.7 cm³/mol. The molecule has 0 bridgehead atoms. The molecule has 0 aliphatic heterocycles. The summed E-state index contributed by atoms with van der Waals surface area (Å²) >= 11 is 0. The Morgan fingerprint density at radius 1 is 1.07 bits per heavy atom. The number of carboxylic acid groups (broad SMARTS) is 1. The third-order valence-electron chi connectivity index (χ3n) is 2.76. The Kier molecular flexibility index (Phi) is 9.65. The maximum absolute atomic E-state index is 10.5. The molecule has 0 aromatic carbocycles. The van der Waals surface area contributed by atoms with Crippen molar-refractivity contribution in [2.24, 2.45) is 5.92 Å². The summed E-state index contributed by atoms with van der Waals surface area (Å²) in [4.78, 5) is 10.5. The number of carbonyl (C=O) groups is 1. The first-order chi connectivity index (χ1) is 7.18. The first-order valence-corrected chi connectivity index (χ1v) is 6.24. The van der Waals surface area contributed by atoms with Crippen LogP contribution < -0.4 is 0 Å². The molecule has 0 spiro atoms. The van der Waals surface area contributed by atoms with Gasteiger partial charge in [-0.2, -0.15) is 0 Å². The summed E-state index contributed by atoms with van der Waals surface area (Å²) in [6.07, 6.45) is 10.8. The maximum Gasteiger partial charge on any atom is 0.306 e. The Labute approximate surface area is 94.1 Å². The van der Waals surface area contributed by atoms with E-state index in [1.165, 1.54) is 38.5 Å². The monoisotopic (exact) mass is 213 g/mol. The standard InChI is InChI=1S/C13H25O2/c1-3-4-5-6-7-8-9-10-11-12(2)13(14)15/h12H,2-11H2,1H3,(H,14,15). The highest BCUT2D eigenvalue weighted by atomic mass is 16.4. The van der Waals surface area contributed by atoms with Crippen LogP contribution in [0.2, 0.25) is 0 Å². The molecule has 2 heteroatoms. The van der Waals surface area contributed by atoms with Crippen molar-refractivity contribution >= 4 is 5.97 Å². The molecule has 0 amide bonds. The second kappa shape index (κ2) is 10.0. The fraction of sp³-hybridized carbons (Fsp3) is 0.846. The van der Waals surface area contributed by atoms with Crippen molar-refractivity contribution in [2.45, 2.75) is 64.7 Å². The zero-order chi connectivity index (χ0) is 11.5. The minimum atomic E-state index is -0.766. The lowest BCUT2D eigenvalue weighted by molar-refractivity contribution is -0.140. The van der Waals surface area contributed by atoms with E-state index in [4.69, 9.17) is 5.11 Å². The average Bonchev–Trinajstić information content (AvgIpc) is 2.21. The van der Waals surface area contributed by atoms with Gasteiger partial charge in [0.05, 0.1) is 5.92 Å². The third kappa shape index (κ3) is 9.77. The smallest absolute Gasteiger partial charge is 0.306 e. The van der Waals surface area contributed by atoms with Crippen molar-refractivity contribution in [1.29, 1.82) is 0 Å². The Bertz CT molecular complexity index is 155. The van der Waals surface area contributed by atoms with Gasteiger partial charge < -0.3 is 5.11 Å². The zero-order valence-electron chi connectivity index (χ0n) is 10.0. The highest BCUT2D eigenvalue weighted by Crippen LogP contribution is 2.12. The van der Waals surface area contributed by atoms with Crippen molar-refractivity contribution in [2.75, 3.05) is 0 Å². The Morgan fingerprint density at radius 2 is 1.53 bits per heavy atom. The quantitative estimate of drug-likeness (QED) is 0.556. The second-order valence-electron chi connectivity index (χ2n) is 4.30. The zero-order valence-corrected chi connectivity index (χ0v) is 10.0. The summed E-state index contributed by atoms with van der Waals surface area (Å²) in [5, 5.41) is 8.62. The molecule has 1 N–H and O–H groups in total. The lowest BCUT2D eigenvalue weighted by Gasteiger charge is -2.05. The molecule has 0 aliphatic carbocycles. The van der Waals surface area contributed by atoms with Gasteiger partial charge in [-0.05, 0) is 13.3 Å². The summed E-state index contributed by atoms with van der Waals surface area (Å²) in [7, 11) is 0. The topological polar surface area (TPSA) is 37.3 Å². The van der Waals surface area contributed by atoms with E-state index < -0.39 is 11.9 Å². The summed E-state index contributed by atoms with van der Waals surface area (Å²) in [6, 6.07) is 0. The van der Waals surface area contributed by atoms with Gasteiger partial charge >= 0.3 is 5.97 Å². The number of carboxylic acids is 1. The average molecular weight is 213 g/mol. The molecule has 1 unspecified atom stereocenters. The summed E-state index contributed by atoms with van der Waals surface area (Å²) in [5.74, 6) is -1.18. The summed E-state index contributed by atoms with van der Waals surface area (Å²) in [6.45, 7) is 5.82. The van der Waals surface area contributed by atoms with E-state index in [9.17, 15) is 4.79 Å². The van der Waals surface area contributed by atoms with Gasteiger partial charge in [0.25, 0.3) is 0 Å². The van der Waals surface area contributed by atoms with Gasteiger partial charge in [0, 0.05) is 0 Å². The van der Waals surface area contributed by atoms with E-state index in [1.807, 2.05) is 0 Å². The van der Waals surface area contributed by atoms with E-state index in [-0.39, 0.29) is 0 Å². The predicted octanol–water partition coefficient (Wildman–Crippen LogP) is 4.05. The van der Waals surface area contributed by atoms with Crippen LogP contribution in [0.4, 0.5) is 0 Å². The molecular weight excluding hydrogens is 188 g/mol. The largest absolute Gasteiger partial charge is 0.481 e. The van der Waals surface area contributed by atoms with Crippen molar-refractivity contribution < 1.29 is 9.90 Å². The van der Waals surface area contributed by atoms with Gasteiger partial charge in [-0.1, -0.05) is 58.3 Å². The molecule has 0 saturated heterocycles. The molecular formula is C13H25O2. The van der Waals surface area contributed by atoms with Crippen molar-refractivity contribution in [3.63, 3.8) is 0 Å². The minimum absolute atomic E-state index is 0.412. The van der Waals surface area contributed by atoms with Crippen molar-refractivity contribution in [3.05, 3.63) is 6.92 Å². The Balaban J connectivity index is 3.08. The number of hydrogen-bond donors (Lipinski definition) is 1. The first kappa shape index (κ1) is 14.5. The van der Waals surface area contributed by atoms with Crippen LogP contribution in [0.3, 0.4) is 0 Å². The minimum Gasteiger partial charge on any atom is -0.481 e. The van der Waals surface area contributed by atoms with Crippen molar-refractivity contribution in [1.82, 2.24) is 0 Å². The molecule has 0 aromatic rings. The molecule has 0 heterocycles. The number of rotatable bonds is 10. The van der Waals surface area contributed by atoms with Crippen LogP contribution in [0.15, 0.2) is 0 Å². The van der Waals surface area contributed by atoms with Crippen LogP contribution in [0.5, 0.6) is 0 Å². The summed E-state index contributed by atoms with van der Waals surface area (Å²) < 4.78 is 0. The lowest BCUT2D eigenvalue weighted by atomic mass is 10.0. The van der Waals surface area contributed by atoms with E-state index in [2.05, 4.69) is 13.8 Å². The number of hydrogen-bond acceptors (Lipinski definition) is 1. The fourth-order valence-corrected chi connectivity index (χ4v) is 1.65. The molecule has 0 saturated carbocycles. The van der Waals surface area contributed by atoms with E-state index in [0.29, 0.717) is 0 Å². The van der Waals surface area contributed by atoms with Crippen molar-refractivity contribution in [3.8, 4) is 0 Å².